The van der Waals surface area contributed by atoms with Crippen LogP contribution in [0.25, 0.3) is 0 Å². The van der Waals surface area contributed by atoms with Gasteiger partial charge >= 0.3 is 0 Å². The molecule has 3 rings (SSSR count). The number of likely N-dealkylation sites (tertiary alicyclic amines) is 1. The monoisotopic (exact) mass is 543 g/mol. The standard InChI is InChI=1S/C23H37N5O2.HI/c1-3-15-30-21-19(11-8-13-25-21)16-26-23(24-4-2)27-20-12-14-28(17-20)22(29)18-9-6-5-7-10-18;/h8,11,13,18,20H,3-7,9-10,12,14-17H2,1-2H3,(H2,24,26,27);1H. The van der Waals surface area contributed by atoms with Crippen molar-refractivity contribution in [3.8, 4) is 5.88 Å². The Hall–Kier alpha value is -1.58. The van der Waals surface area contributed by atoms with Crippen molar-refractivity contribution in [2.75, 3.05) is 26.2 Å². The van der Waals surface area contributed by atoms with Gasteiger partial charge in [0.2, 0.25) is 11.8 Å². The maximum atomic E-state index is 12.8. The van der Waals surface area contributed by atoms with Crippen LogP contribution >= 0.6 is 24.0 Å². The zero-order valence-corrected chi connectivity index (χ0v) is 21.3. The van der Waals surface area contributed by atoms with E-state index in [1.54, 1.807) is 6.20 Å². The topological polar surface area (TPSA) is 78.9 Å². The first-order chi connectivity index (χ1) is 14.7. The summed E-state index contributed by atoms with van der Waals surface area (Å²) in [5.74, 6) is 2.03. The van der Waals surface area contributed by atoms with Crippen molar-refractivity contribution in [3.63, 3.8) is 0 Å². The number of nitrogens with zero attached hydrogens (tertiary/aromatic N) is 3. The van der Waals surface area contributed by atoms with E-state index in [1.165, 1.54) is 19.3 Å². The first-order valence-corrected chi connectivity index (χ1v) is 11.6. The molecule has 174 valence electrons. The summed E-state index contributed by atoms with van der Waals surface area (Å²) in [6.07, 6.45) is 9.44. The molecule has 7 nitrogen and oxygen atoms in total. The molecule has 2 N–H and O–H groups in total. The highest BCUT2D eigenvalue weighted by molar-refractivity contribution is 14.0. The summed E-state index contributed by atoms with van der Waals surface area (Å²) in [6, 6.07) is 4.15. The second kappa shape index (κ2) is 13.8. The average Bonchev–Trinajstić information content (AvgIpc) is 3.25. The van der Waals surface area contributed by atoms with Crippen LogP contribution in [0.5, 0.6) is 5.88 Å². The molecule has 1 aromatic rings. The van der Waals surface area contributed by atoms with E-state index in [4.69, 9.17) is 9.73 Å². The molecule has 1 unspecified atom stereocenters. The Labute approximate surface area is 203 Å². The Bertz CT molecular complexity index is 709. The number of ether oxygens (including phenoxy) is 1. The quantitative estimate of drug-likeness (QED) is 0.297. The van der Waals surface area contributed by atoms with E-state index in [-0.39, 0.29) is 35.9 Å². The number of halogens is 1. The molecule has 0 spiro atoms. The van der Waals surface area contributed by atoms with Crippen LogP contribution in [0.3, 0.4) is 0 Å². The van der Waals surface area contributed by atoms with Gasteiger partial charge in [0, 0.05) is 43.4 Å². The van der Waals surface area contributed by atoms with Crippen LogP contribution in [0, 0.1) is 5.92 Å². The molecule has 31 heavy (non-hydrogen) atoms. The minimum atomic E-state index is 0. The van der Waals surface area contributed by atoms with Crippen molar-refractivity contribution in [1.29, 1.82) is 0 Å². The number of carbonyl (C=O) groups is 1. The molecule has 0 bridgehead atoms. The largest absolute Gasteiger partial charge is 0.477 e. The van der Waals surface area contributed by atoms with E-state index in [0.29, 0.717) is 24.9 Å². The molecule has 0 aromatic carbocycles. The van der Waals surface area contributed by atoms with Gasteiger partial charge in [-0.15, -0.1) is 24.0 Å². The van der Waals surface area contributed by atoms with Crippen LogP contribution in [-0.2, 0) is 11.3 Å². The Kier molecular flexibility index (Phi) is 11.4. The Balaban J connectivity index is 0.00000341. The fourth-order valence-electron chi connectivity index (χ4n) is 4.24. The van der Waals surface area contributed by atoms with Gasteiger partial charge in [-0.1, -0.05) is 32.3 Å². The van der Waals surface area contributed by atoms with Gasteiger partial charge in [0.1, 0.15) is 0 Å². The molecule has 1 saturated heterocycles. The number of nitrogens with one attached hydrogen (secondary N) is 2. The number of carbonyl (C=O) groups excluding carboxylic acids is 1. The van der Waals surface area contributed by atoms with Gasteiger partial charge in [-0.25, -0.2) is 9.98 Å². The van der Waals surface area contributed by atoms with Crippen molar-refractivity contribution >= 4 is 35.8 Å². The molecule has 1 amide bonds. The van der Waals surface area contributed by atoms with E-state index in [1.807, 2.05) is 12.1 Å². The molecule has 2 heterocycles. The lowest BCUT2D eigenvalue weighted by Crippen LogP contribution is -2.45. The third kappa shape index (κ3) is 7.80. The number of hydrogen-bond donors (Lipinski definition) is 2. The van der Waals surface area contributed by atoms with Crippen molar-refractivity contribution in [3.05, 3.63) is 23.9 Å². The lowest BCUT2D eigenvalue weighted by Gasteiger charge is -2.26. The van der Waals surface area contributed by atoms with Gasteiger partial charge in [0.05, 0.1) is 13.2 Å². The highest BCUT2D eigenvalue weighted by atomic mass is 127. The lowest BCUT2D eigenvalue weighted by atomic mass is 9.88. The smallest absolute Gasteiger partial charge is 0.225 e. The zero-order valence-electron chi connectivity index (χ0n) is 18.9. The van der Waals surface area contributed by atoms with Gasteiger partial charge in [0.15, 0.2) is 5.96 Å². The molecule has 1 saturated carbocycles. The minimum Gasteiger partial charge on any atom is -0.477 e. The maximum absolute atomic E-state index is 12.8. The molecule has 1 aliphatic carbocycles. The zero-order chi connectivity index (χ0) is 21.2. The molecule has 2 aliphatic rings. The van der Waals surface area contributed by atoms with Crippen LogP contribution in [0.15, 0.2) is 23.3 Å². The summed E-state index contributed by atoms with van der Waals surface area (Å²) in [5, 5.41) is 6.85. The van der Waals surface area contributed by atoms with Gasteiger partial charge in [0.25, 0.3) is 0 Å². The Morgan fingerprint density at radius 2 is 2.06 bits per heavy atom. The number of rotatable bonds is 8. The van der Waals surface area contributed by atoms with Crippen molar-refractivity contribution < 1.29 is 9.53 Å². The Morgan fingerprint density at radius 1 is 1.26 bits per heavy atom. The highest BCUT2D eigenvalue weighted by Crippen LogP contribution is 2.26. The van der Waals surface area contributed by atoms with Gasteiger partial charge < -0.3 is 20.3 Å². The molecule has 8 heteroatoms. The summed E-state index contributed by atoms with van der Waals surface area (Å²) in [4.78, 5) is 24.0. The van der Waals surface area contributed by atoms with Gasteiger partial charge in [-0.05, 0) is 38.7 Å². The number of aromatic nitrogens is 1. The molecule has 1 aromatic heterocycles. The van der Waals surface area contributed by atoms with Gasteiger partial charge in [-0.2, -0.15) is 0 Å². The maximum Gasteiger partial charge on any atom is 0.225 e. The summed E-state index contributed by atoms with van der Waals surface area (Å²) < 4.78 is 5.74. The molecular weight excluding hydrogens is 505 g/mol. The van der Waals surface area contributed by atoms with Crippen LogP contribution in [0.1, 0.15) is 64.4 Å². The summed E-state index contributed by atoms with van der Waals surface area (Å²) in [7, 11) is 0. The number of pyridine rings is 1. The summed E-state index contributed by atoms with van der Waals surface area (Å²) in [5.41, 5.74) is 0.976. The van der Waals surface area contributed by atoms with E-state index < -0.39 is 0 Å². The van der Waals surface area contributed by atoms with Crippen molar-refractivity contribution in [2.24, 2.45) is 10.9 Å². The van der Waals surface area contributed by atoms with Gasteiger partial charge in [-0.3, -0.25) is 4.79 Å². The van der Waals surface area contributed by atoms with Crippen LogP contribution in [0.4, 0.5) is 0 Å². The van der Waals surface area contributed by atoms with Crippen molar-refractivity contribution in [1.82, 2.24) is 20.5 Å². The highest BCUT2D eigenvalue weighted by Gasteiger charge is 2.31. The third-order valence-corrected chi connectivity index (χ3v) is 5.84. The summed E-state index contributed by atoms with van der Waals surface area (Å²) >= 11 is 0. The lowest BCUT2D eigenvalue weighted by molar-refractivity contribution is -0.135. The molecule has 1 atom stereocenters. The van der Waals surface area contributed by atoms with E-state index in [0.717, 1.165) is 56.8 Å². The number of amides is 1. The normalized spacial score (nSPS) is 19.6. The van der Waals surface area contributed by atoms with Crippen LogP contribution in [-0.4, -0.2) is 54.0 Å². The van der Waals surface area contributed by atoms with E-state index in [2.05, 4.69) is 34.4 Å². The fourth-order valence-corrected chi connectivity index (χ4v) is 4.24. The predicted octanol–water partition coefficient (Wildman–Crippen LogP) is 3.72. The Morgan fingerprint density at radius 3 is 2.81 bits per heavy atom. The number of aliphatic imine (C=N–C) groups is 1. The third-order valence-electron chi connectivity index (χ3n) is 5.84. The molecule has 0 radical (unpaired) electrons. The SMILES string of the molecule is CCCOc1ncccc1CN=C(NCC)NC1CCN(C(=O)C2CCCCC2)C1.I. The van der Waals surface area contributed by atoms with Crippen LogP contribution in [0.2, 0.25) is 0 Å². The predicted molar refractivity (Wildman–Crippen MR) is 135 cm³/mol. The average molecular weight is 543 g/mol. The minimum absolute atomic E-state index is 0. The second-order valence-electron chi connectivity index (χ2n) is 8.26. The van der Waals surface area contributed by atoms with E-state index >= 15 is 0 Å². The summed E-state index contributed by atoms with van der Waals surface area (Å²) in [6.45, 7) is 7.68. The molecule has 2 fully saturated rings. The fraction of sp³-hybridized carbons (Fsp3) is 0.696. The molecular formula is C23H38IN5O2. The van der Waals surface area contributed by atoms with Crippen molar-refractivity contribution in [2.45, 2.75) is 71.4 Å². The van der Waals surface area contributed by atoms with E-state index in [9.17, 15) is 4.79 Å². The first kappa shape index (κ1) is 25.7. The number of guanidine groups is 1. The molecule has 1 aliphatic heterocycles. The number of hydrogen-bond acceptors (Lipinski definition) is 4. The first-order valence-electron chi connectivity index (χ1n) is 11.6. The second-order valence-corrected chi connectivity index (χ2v) is 8.26. The van der Waals surface area contributed by atoms with Crippen LogP contribution < -0.4 is 15.4 Å².